The summed E-state index contributed by atoms with van der Waals surface area (Å²) in [7, 11) is 0. The summed E-state index contributed by atoms with van der Waals surface area (Å²) >= 11 is 0. The van der Waals surface area contributed by atoms with Crippen LogP contribution in [0.4, 0.5) is 0 Å². The van der Waals surface area contributed by atoms with Crippen molar-refractivity contribution >= 4 is 17.8 Å². The van der Waals surface area contributed by atoms with E-state index in [1.54, 1.807) is 6.07 Å². The van der Waals surface area contributed by atoms with Gasteiger partial charge in [0.25, 0.3) is 5.91 Å². The molecular weight excluding hydrogens is 346 g/mol. The normalized spacial score (nSPS) is 15.1. The Morgan fingerprint density at radius 2 is 2.00 bits per heavy atom. The molecular formula is C21H17NO5. The number of hydrogen-bond acceptors (Lipinski definition) is 5. The Kier molecular flexibility index (Phi) is 5.53. The van der Waals surface area contributed by atoms with Crippen LogP contribution in [0.25, 0.3) is 0 Å². The first kappa shape index (κ1) is 18.2. The van der Waals surface area contributed by atoms with E-state index < -0.39 is 30.6 Å². The Balaban J connectivity index is 1.72. The summed E-state index contributed by atoms with van der Waals surface area (Å²) in [4.78, 5) is 35.9. The lowest BCUT2D eigenvalue weighted by Crippen LogP contribution is -2.29. The van der Waals surface area contributed by atoms with Crippen LogP contribution in [0.3, 0.4) is 0 Å². The van der Waals surface area contributed by atoms with Gasteiger partial charge in [-0.15, -0.1) is 6.42 Å². The third-order valence-electron chi connectivity index (χ3n) is 4.11. The third-order valence-corrected chi connectivity index (χ3v) is 4.11. The van der Waals surface area contributed by atoms with Gasteiger partial charge in [0, 0.05) is 6.42 Å². The highest BCUT2D eigenvalue weighted by Gasteiger charge is 2.28. The highest BCUT2D eigenvalue weighted by atomic mass is 16.5. The van der Waals surface area contributed by atoms with Gasteiger partial charge >= 0.3 is 11.9 Å². The molecule has 6 nitrogen and oxygen atoms in total. The van der Waals surface area contributed by atoms with E-state index >= 15 is 0 Å². The first-order chi connectivity index (χ1) is 13.1. The van der Waals surface area contributed by atoms with E-state index in [0.717, 1.165) is 5.56 Å². The number of benzene rings is 2. The van der Waals surface area contributed by atoms with Gasteiger partial charge in [-0.1, -0.05) is 36.3 Å². The molecule has 1 atom stereocenters. The van der Waals surface area contributed by atoms with Crippen molar-refractivity contribution in [2.45, 2.75) is 12.5 Å². The molecule has 3 rings (SSSR count). The van der Waals surface area contributed by atoms with Crippen molar-refractivity contribution in [2.75, 3.05) is 13.2 Å². The summed E-state index contributed by atoms with van der Waals surface area (Å²) in [5, 5.41) is 2.41. The Morgan fingerprint density at radius 1 is 1.22 bits per heavy atom. The van der Waals surface area contributed by atoms with Crippen LogP contribution < -0.4 is 5.32 Å². The molecule has 0 spiro atoms. The maximum atomic E-state index is 12.3. The predicted octanol–water partition coefficient (Wildman–Crippen LogP) is 2.05. The fourth-order valence-electron chi connectivity index (χ4n) is 2.79. The molecule has 27 heavy (non-hydrogen) atoms. The Bertz CT molecular complexity index is 914. The van der Waals surface area contributed by atoms with Crippen LogP contribution in [-0.4, -0.2) is 31.0 Å². The zero-order valence-corrected chi connectivity index (χ0v) is 14.4. The maximum Gasteiger partial charge on any atom is 0.339 e. The molecule has 6 heteroatoms. The van der Waals surface area contributed by atoms with Gasteiger partial charge in [-0.3, -0.25) is 4.79 Å². The molecule has 1 aliphatic rings. The largest absolute Gasteiger partial charge is 0.454 e. The molecule has 136 valence electrons. The van der Waals surface area contributed by atoms with Gasteiger partial charge in [-0.05, 0) is 29.3 Å². The van der Waals surface area contributed by atoms with Crippen molar-refractivity contribution in [3.8, 4) is 12.3 Å². The molecule has 0 fully saturated rings. The zero-order valence-electron chi connectivity index (χ0n) is 14.4. The van der Waals surface area contributed by atoms with Crippen molar-refractivity contribution in [3.63, 3.8) is 0 Å². The van der Waals surface area contributed by atoms with Crippen molar-refractivity contribution < 1.29 is 23.9 Å². The molecule has 0 saturated heterocycles. The van der Waals surface area contributed by atoms with E-state index in [4.69, 9.17) is 15.9 Å². The Labute approximate surface area is 156 Å². The highest BCUT2D eigenvalue weighted by molar-refractivity contribution is 5.96. The monoisotopic (exact) mass is 363 g/mol. The summed E-state index contributed by atoms with van der Waals surface area (Å²) in [5.41, 5.74) is 2.27. The van der Waals surface area contributed by atoms with E-state index in [1.165, 1.54) is 12.1 Å². The van der Waals surface area contributed by atoms with Crippen molar-refractivity contribution in [2.24, 2.45) is 0 Å². The second-order valence-corrected chi connectivity index (χ2v) is 5.94. The Hall–Kier alpha value is -3.59. The van der Waals surface area contributed by atoms with E-state index in [0.29, 0.717) is 17.5 Å². The molecule has 0 unspecified atom stereocenters. The van der Waals surface area contributed by atoms with Crippen molar-refractivity contribution in [1.29, 1.82) is 0 Å². The molecule has 0 saturated carbocycles. The number of esters is 2. The quantitative estimate of drug-likeness (QED) is 0.649. The van der Waals surface area contributed by atoms with Gasteiger partial charge in [-0.2, -0.15) is 0 Å². The molecule has 1 N–H and O–H groups in total. The standard InChI is InChI=1S/C21H17NO5/c1-2-10-22-19(23)13-26-20(24)15-8-9-17-16(11-15)12-18(27-21(17)25)14-6-4-3-5-7-14/h1,3-9,11,18H,10,12-13H2,(H,22,23)/t18-/m0/s1. The lowest BCUT2D eigenvalue weighted by molar-refractivity contribution is -0.123. The smallest absolute Gasteiger partial charge is 0.339 e. The van der Waals surface area contributed by atoms with Crippen LogP contribution in [0.5, 0.6) is 0 Å². The van der Waals surface area contributed by atoms with Gasteiger partial charge in [0.15, 0.2) is 6.61 Å². The third kappa shape index (κ3) is 4.33. The second kappa shape index (κ2) is 8.19. The van der Waals surface area contributed by atoms with Crippen LogP contribution >= 0.6 is 0 Å². The van der Waals surface area contributed by atoms with Gasteiger partial charge in [0.1, 0.15) is 6.10 Å². The lowest BCUT2D eigenvalue weighted by Gasteiger charge is -2.25. The number of carbonyl (C=O) groups excluding carboxylic acids is 3. The van der Waals surface area contributed by atoms with Gasteiger partial charge in [0.2, 0.25) is 0 Å². The summed E-state index contributed by atoms with van der Waals surface area (Å²) in [5.74, 6) is 0.697. The Morgan fingerprint density at radius 3 is 2.74 bits per heavy atom. The minimum Gasteiger partial charge on any atom is -0.454 e. The predicted molar refractivity (Wildman–Crippen MR) is 96.9 cm³/mol. The van der Waals surface area contributed by atoms with Crippen molar-refractivity contribution in [1.82, 2.24) is 5.32 Å². The second-order valence-electron chi connectivity index (χ2n) is 5.94. The van der Waals surface area contributed by atoms with Gasteiger partial charge in [-0.25, -0.2) is 9.59 Å². The molecule has 1 amide bonds. The van der Waals surface area contributed by atoms with Gasteiger partial charge in [0.05, 0.1) is 17.7 Å². The molecule has 0 radical (unpaired) electrons. The number of rotatable bonds is 5. The summed E-state index contributed by atoms with van der Waals surface area (Å²) < 4.78 is 10.5. The average Bonchev–Trinajstić information content (AvgIpc) is 2.70. The van der Waals surface area contributed by atoms with E-state index in [1.807, 2.05) is 30.3 Å². The number of carbonyl (C=O) groups is 3. The molecule has 1 aliphatic heterocycles. The first-order valence-corrected chi connectivity index (χ1v) is 8.34. The number of terminal acetylenes is 1. The molecule has 0 aromatic heterocycles. The molecule has 0 bridgehead atoms. The summed E-state index contributed by atoms with van der Waals surface area (Å²) in [6.07, 6.45) is 5.09. The van der Waals surface area contributed by atoms with Crippen molar-refractivity contribution in [3.05, 3.63) is 70.8 Å². The SMILES string of the molecule is C#CCNC(=O)COC(=O)c1ccc2c(c1)C[C@@H](c1ccccc1)OC2=O. The van der Waals surface area contributed by atoms with Crippen LogP contribution in [0.2, 0.25) is 0 Å². The summed E-state index contributed by atoms with van der Waals surface area (Å²) in [6.45, 7) is -0.357. The number of ether oxygens (including phenoxy) is 2. The average molecular weight is 363 g/mol. The van der Waals surface area contributed by atoms with Crippen LogP contribution in [0.1, 0.15) is 37.9 Å². The number of nitrogens with one attached hydrogen (secondary N) is 1. The molecule has 1 heterocycles. The fourth-order valence-corrected chi connectivity index (χ4v) is 2.79. The zero-order chi connectivity index (χ0) is 19.2. The number of cyclic esters (lactones) is 1. The summed E-state index contributed by atoms with van der Waals surface area (Å²) in [6, 6.07) is 14.0. The van der Waals surface area contributed by atoms with E-state index in [9.17, 15) is 14.4 Å². The molecule has 0 aliphatic carbocycles. The van der Waals surface area contributed by atoms with Crippen LogP contribution in [-0.2, 0) is 20.7 Å². The minimum atomic E-state index is -0.649. The first-order valence-electron chi connectivity index (χ1n) is 8.34. The highest BCUT2D eigenvalue weighted by Crippen LogP contribution is 2.31. The number of amides is 1. The lowest BCUT2D eigenvalue weighted by atomic mass is 9.93. The minimum absolute atomic E-state index is 0.0677. The molecule has 2 aromatic carbocycles. The van der Waals surface area contributed by atoms with Gasteiger partial charge < -0.3 is 14.8 Å². The van der Waals surface area contributed by atoms with E-state index in [2.05, 4.69) is 11.2 Å². The maximum absolute atomic E-state index is 12.3. The topological polar surface area (TPSA) is 81.7 Å². The van der Waals surface area contributed by atoms with E-state index in [-0.39, 0.29) is 12.1 Å². The number of hydrogen-bond donors (Lipinski definition) is 1. The van der Waals surface area contributed by atoms with Crippen LogP contribution in [0, 0.1) is 12.3 Å². The molecule has 2 aromatic rings. The fraction of sp³-hybridized carbons (Fsp3) is 0.190. The number of fused-ring (bicyclic) bond motifs is 1. The van der Waals surface area contributed by atoms with Crippen LogP contribution in [0.15, 0.2) is 48.5 Å².